The lowest BCUT2D eigenvalue weighted by atomic mass is 9.91. The molecule has 7 rings (SSSR count). The Morgan fingerprint density at radius 2 is 1.71 bits per heavy atom. The van der Waals surface area contributed by atoms with Crippen LogP contribution in [0.2, 0.25) is 0 Å². The van der Waals surface area contributed by atoms with Crippen LogP contribution in [0.15, 0.2) is 79.3 Å². The highest BCUT2D eigenvalue weighted by Gasteiger charge is 2.27. The van der Waals surface area contributed by atoms with Crippen LogP contribution in [0.1, 0.15) is 58.5 Å². The molecule has 1 saturated carbocycles. The number of phenolic OH excluding ortho intramolecular Hbond substituents is 1. The minimum absolute atomic E-state index is 0.0326. The maximum absolute atomic E-state index is 14.4. The first-order valence-electron chi connectivity index (χ1n) is 17.1. The summed E-state index contributed by atoms with van der Waals surface area (Å²) in [6.07, 6.45) is 7.10. The van der Waals surface area contributed by atoms with E-state index in [1.165, 1.54) is 28.9 Å². The van der Waals surface area contributed by atoms with E-state index in [0.29, 0.717) is 50.2 Å². The number of nitrogens with zero attached hydrogens (tertiary/aromatic N) is 4. The largest absolute Gasteiger partial charge is 0.508 e. The number of pyridine rings is 2. The second-order valence-electron chi connectivity index (χ2n) is 13.0. The van der Waals surface area contributed by atoms with E-state index >= 15 is 0 Å². The quantitative estimate of drug-likeness (QED) is 0.175. The Labute approximate surface area is 293 Å². The Morgan fingerprint density at radius 1 is 0.902 bits per heavy atom. The predicted molar refractivity (Wildman–Crippen MR) is 185 cm³/mol. The van der Waals surface area contributed by atoms with Crippen LogP contribution >= 0.6 is 0 Å². The number of hydrogen-bond acceptors (Lipinski definition) is 8. The number of carbonyl (C=O) groups excluding carboxylic acids is 2. The van der Waals surface area contributed by atoms with E-state index in [2.05, 4.69) is 25.5 Å². The molecular formula is C38H38F2N6O5. The van der Waals surface area contributed by atoms with E-state index in [1.807, 2.05) is 24.3 Å². The van der Waals surface area contributed by atoms with E-state index in [0.717, 1.165) is 55.1 Å². The summed E-state index contributed by atoms with van der Waals surface area (Å²) in [6, 6.07) is 16.2. The van der Waals surface area contributed by atoms with Gasteiger partial charge >= 0.3 is 0 Å². The predicted octanol–water partition coefficient (Wildman–Crippen LogP) is 5.87. The fourth-order valence-corrected chi connectivity index (χ4v) is 6.68. The standard InChI is InChI=1S/C38H38F2N6O5/c39-26-5-12-35-44-34(23-46(35)22-26)37(49)43-29-8-6-28(7-9-29)42-36(48)33-19-27(40)20-41-38(33)51-31-4-1-3-24(18-31)32-11-10-30(47)17-25(32)21-45-13-2-15-50-16-14-45/h1,3-5,10-12,17-20,22-23,28-29,47H,2,6-9,13-16,21H2,(H,42,48)(H,43,49)/t28-,29+. The summed E-state index contributed by atoms with van der Waals surface area (Å²) in [5.41, 5.74) is 3.36. The molecular weight excluding hydrogens is 658 g/mol. The first kappa shape index (κ1) is 34.1. The average Bonchev–Trinajstić information content (AvgIpc) is 3.38. The molecule has 2 aliphatic rings. The molecule has 13 heteroatoms. The summed E-state index contributed by atoms with van der Waals surface area (Å²) >= 11 is 0. The van der Waals surface area contributed by atoms with Crippen LogP contribution in [0.3, 0.4) is 0 Å². The van der Waals surface area contributed by atoms with Crippen molar-refractivity contribution in [3.63, 3.8) is 0 Å². The zero-order valence-electron chi connectivity index (χ0n) is 27.9. The molecule has 0 radical (unpaired) electrons. The van der Waals surface area contributed by atoms with Crippen molar-refractivity contribution in [2.75, 3.05) is 26.3 Å². The number of halogens is 2. The molecule has 2 fully saturated rings. The first-order chi connectivity index (χ1) is 24.8. The Kier molecular flexibility index (Phi) is 10.2. The van der Waals surface area contributed by atoms with Crippen LogP contribution in [-0.4, -0.2) is 74.6 Å². The number of benzene rings is 2. The number of fused-ring (bicyclic) bond motifs is 1. The molecule has 3 N–H and O–H groups in total. The van der Waals surface area contributed by atoms with Gasteiger partial charge in [0.2, 0.25) is 5.88 Å². The topological polar surface area (TPSA) is 130 Å². The number of aromatic nitrogens is 3. The molecule has 264 valence electrons. The van der Waals surface area contributed by atoms with Gasteiger partial charge in [-0.25, -0.2) is 18.7 Å². The van der Waals surface area contributed by atoms with Crippen molar-refractivity contribution in [2.45, 2.75) is 50.7 Å². The van der Waals surface area contributed by atoms with Crippen molar-refractivity contribution >= 4 is 17.5 Å². The van der Waals surface area contributed by atoms with Crippen molar-refractivity contribution < 1.29 is 33.0 Å². The van der Waals surface area contributed by atoms with Crippen LogP contribution in [0.5, 0.6) is 17.4 Å². The minimum Gasteiger partial charge on any atom is -0.508 e. The Balaban J connectivity index is 0.992. The van der Waals surface area contributed by atoms with Crippen LogP contribution in [0.4, 0.5) is 8.78 Å². The lowest BCUT2D eigenvalue weighted by molar-refractivity contribution is 0.0888. The molecule has 1 aliphatic heterocycles. The van der Waals surface area contributed by atoms with Crippen LogP contribution in [0.25, 0.3) is 16.8 Å². The van der Waals surface area contributed by atoms with Crippen molar-refractivity contribution in [1.82, 2.24) is 29.9 Å². The van der Waals surface area contributed by atoms with E-state index in [-0.39, 0.29) is 40.9 Å². The number of imidazole rings is 1. The highest BCUT2D eigenvalue weighted by Crippen LogP contribution is 2.33. The number of hydrogen-bond donors (Lipinski definition) is 3. The van der Waals surface area contributed by atoms with E-state index < -0.39 is 17.5 Å². The zero-order valence-corrected chi connectivity index (χ0v) is 27.9. The van der Waals surface area contributed by atoms with Crippen molar-refractivity contribution in [3.8, 4) is 28.5 Å². The summed E-state index contributed by atoms with van der Waals surface area (Å²) in [7, 11) is 0. The smallest absolute Gasteiger partial charge is 0.271 e. The Morgan fingerprint density at radius 3 is 2.53 bits per heavy atom. The second kappa shape index (κ2) is 15.2. The molecule has 2 aromatic carbocycles. The van der Waals surface area contributed by atoms with E-state index in [9.17, 15) is 23.5 Å². The highest BCUT2D eigenvalue weighted by atomic mass is 19.1. The maximum atomic E-state index is 14.4. The molecule has 3 aromatic heterocycles. The molecule has 0 atom stereocenters. The van der Waals surface area contributed by atoms with E-state index in [1.54, 1.807) is 18.2 Å². The van der Waals surface area contributed by atoms with Gasteiger partial charge < -0.3 is 29.6 Å². The molecule has 4 heterocycles. The monoisotopic (exact) mass is 696 g/mol. The lowest BCUT2D eigenvalue weighted by Gasteiger charge is -2.29. The lowest BCUT2D eigenvalue weighted by Crippen LogP contribution is -2.44. The van der Waals surface area contributed by atoms with Crippen molar-refractivity contribution in [2.24, 2.45) is 0 Å². The van der Waals surface area contributed by atoms with Crippen LogP contribution < -0.4 is 15.4 Å². The molecule has 0 unspecified atom stereocenters. The van der Waals surface area contributed by atoms with Gasteiger partial charge in [0.1, 0.15) is 40.0 Å². The number of ether oxygens (including phenoxy) is 2. The van der Waals surface area contributed by atoms with Gasteiger partial charge in [0.25, 0.3) is 11.8 Å². The first-order valence-corrected chi connectivity index (χ1v) is 17.1. The molecule has 2 amide bonds. The molecule has 5 aromatic rings. The number of amides is 2. The van der Waals surface area contributed by atoms with Gasteiger partial charge in [-0.15, -0.1) is 0 Å². The van der Waals surface area contributed by atoms with Crippen LogP contribution in [-0.2, 0) is 11.3 Å². The summed E-state index contributed by atoms with van der Waals surface area (Å²) < 4.78 is 41.1. The van der Waals surface area contributed by atoms with Gasteiger partial charge in [0.05, 0.1) is 12.8 Å². The number of rotatable bonds is 9. The van der Waals surface area contributed by atoms with Gasteiger partial charge in [-0.1, -0.05) is 18.2 Å². The maximum Gasteiger partial charge on any atom is 0.271 e. The number of nitrogens with one attached hydrogen (secondary N) is 2. The molecule has 1 saturated heterocycles. The van der Waals surface area contributed by atoms with Gasteiger partial charge in [-0.3, -0.25) is 14.5 Å². The molecule has 11 nitrogen and oxygen atoms in total. The summed E-state index contributed by atoms with van der Waals surface area (Å²) in [5.74, 6) is -1.40. The normalized spacial score (nSPS) is 18.2. The SMILES string of the molecule is O=C(N[C@H]1CC[C@@H](NC(=O)c2cc(F)cnc2Oc2cccc(-c3ccc(O)cc3CN3CCCOCC3)c2)CC1)c1cn2cc(F)ccc2n1. The van der Waals surface area contributed by atoms with Gasteiger partial charge in [0, 0.05) is 50.7 Å². The second-order valence-corrected chi connectivity index (χ2v) is 13.0. The third-order valence-corrected chi connectivity index (χ3v) is 9.26. The Bertz CT molecular complexity index is 2040. The van der Waals surface area contributed by atoms with Gasteiger partial charge in [0.15, 0.2) is 0 Å². The van der Waals surface area contributed by atoms with Gasteiger partial charge in [-0.2, -0.15) is 0 Å². The molecule has 51 heavy (non-hydrogen) atoms. The van der Waals surface area contributed by atoms with E-state index in [4.69, 9.17) is 9.47 Å². The number of carbonyl (C=O) groups is 2. The van der Waals surface area contributed by atoms with Crippen LogP contribution in [0, 0.1) is 11.6 Å². The minimum atomic E-state index is -0.671. The molecule has 0 bridgehead atoms. The summed E-state index contributed by atoms with van der Waals surface area (Å²) in [5, 5.41) is 16.3. The highest BCUT2D eigenvalue weighted by molar-refractivity contribution is 5.96. The number of aromatic hydroxyl groups is 1. The summed E-state index contributed by atoms with van der Waals surface area (Å²) in [6.45, 7) is 3.72. The molecule has 1 aliphatic carbocycles. The summed E-state index contributed by atoms with van der Waals surface area (Å²) in [4.78, 5) is 37.0. The van der Waals surface area contributed by atoms with Crippen molar-refractivity contribution in [3.05, 3.63) is 108 Å². The van der Waals surface area contributed by atoms with Crippen molar-refractivity contribution in [1.29, 1.82) is 0 Å². The average molecular weight is 697 g/mol. The Hall–Kier alpha value is -5.40. The number of phenols is 1. The van der Waals surface area contributed by atoms with Gasteiger partial charge in [-0.05, 0) is 91.3 Å². The fraction of sp³-hybridized carbons (Fsp3) is 0.316. The zero-order chi connectivity index (χ0) is 35.3. The fourth-order valence-electron chi connectivity index (χ4n) is 6.68. The molecule has 0 spiro atoms. The third-order valence-electron chi connectivity index (χ3n) is 9.26. The third kappa shape index (κ3) is 8.33.